The van der Waals surface area contributed by atoms with Crippen LogP contribution in [0.1, 0.15) is 19.4 Å². The zero-order chi connectivity index (χ0) is 22.2. The van der Waals surface area contributed by atoms with Crippen LogP contribution in [0.4, 0.5) is 0 Å². The third-order valence-corrected chi connectivity index (χ3v) is 6.00. The maximum atomic E-state index is 13.1. The molecule has 0 aliphatic carbocycles. The van der Waals surface area contributed by atoms with E-state index in [4.69, 9.17) is 4.74 Å². The van der Waals surface area contributed by atoms with Gasteiger partial charge in [0.05, 0.1) is 4.47 Å². The van der Waals surface area contributed by atoms with E-state index in [0.717, 1.165) is 20.8 Å². The molecule has 0 fully saturated rings. The first-order valence-corrected chi connectivity index (χ1v) is 11.2. The molecule has 0 spiro atoms. The molecule has 1 N–H and O–H groups in total. The van der Waals surface area contributed by atoms with E-state index >= 15 is 0 Å². The highest BCUT2D eigenvalue weighted by atomic mass is 79.9. The minimum atomic E-state index is -0.584. The van der Waals surface area contributed by atoms with E-state index in [1.165, 1.54) is 0 Å². The van der Waals surface area contributed by atoms with Crippen LogP contribution in [0.2, 0.25) is 0 Å². The van der Waals surface area contributed by atoms with Gasteiger partial charge in [0.15, 0.2) is 6.61 Å². The predicted molar refractivity (Wildman–Crippen MR) is 127 cm³/mol. The molecule has 0 heterocycles. The van der Waals surface area contributed by atoms with E-state index in [1.54, 1.807) is 11.8 Å². The van der Waals surface area contributed by atoms with Crippen LogP contribution >= 0.6 is 15.9 Å². The van der Waals surface area contributed by atoms with Crippen LogP contribution in [0, 0.1) is 0 Å². The number of nitrogens with zero attached hydrogens (tertiary/aromatic N) is 1. The zero-order valence-corrected chi connectivity index (χ0v) is 19.4. The molecule has 31 heavy (non-hydrogen) atoms. The van der Waals surface area contributed by atoms with Crippen LogP contribution in [0.15, 0.2) is 71.2 Å². The number of fused-ring (bicyclic) bond motifs is 1. The van der Waals surface area contributed by atoms with E-state index in [1.807, 2.05) is 73.7 Å². The first-order chi connectivity index (χ1) is 15.0. The van der Waals surface area contributed by atoms with Crippen LogP contribution in [-0.4, -0.2) is 42.5 Å². The fraction of sp³-hybridized carbons (Fsp3) is 0.280. The fourth-order valence-corrected chi connectivity index (χ4v) is 4.05. The molecule has 3 aromatic rings. The number of hydrogen-bond acceptors (Lipinski definition) is 3. The van der Waals surface area contributed by atoms with Crippen molar-refractivity contribution in [3.05, 3.63) is 76.8 Å². The van der Waals surface area contributed by atoms with E-state index in [2.05, 4.69) is 21.2 Å². The molecule has 6 heteroatoms. The number of rotatable bonds is 9. The standard InChI is InChI=1S/C25H27BrN2O3/c1-3-27-25(30)18(2)28(16-15-19-9-5-4-6-10-19)23(29)17-31-22-14-13-20-11-7-8-12-21(20)24(22)26/h4-14,18H,3,15-17H2,1-2H3,(H,27,30)/t18-/m0/s1. The summed E-state index contributed by atoms with van der Waals surface area (Å²) in [4.78, 5) is 27.1. The Labute approximate surface area is 191 Å². The number of ether oxygens (including phenoxy) is 1. The first kappa shape index (κ1) is 22.8. The molecule has 0 unspecified atom stereocenters. The van der Waals surface area contributed by atoms with Crippen molar-refractivity contribution in [3.8, 4) is 5.75 Å². The van der Waals surface area contributed by atoms with Gasteiger partial charge >= 0.3 is 0 Å². The van der Waals surface area contributed by atoms with Gasteiger partial charge in [-0.2, -0.15) is 0 Å². The summed E-state index contributed by atoms with van der Waals surface area (Å²) in [5.41, 5.74) is 1.11. The number of nitrogens with one attached hydrogen (secondary N) is 1. The molecule has 0 aromatic heterocycles. The van der Waals surface area contributed by atoms with Crippen molar-refractivity contribution >= 4 is 38.5 Å². The van der Waals surface area contributed by atoms with Crippen LogP contribution in [0.25, 0.3) is 10.8 Å². The zero-order valence-electron chi connectivity index (χ0n) is 17.8. The van der Waals surface area contributed by atoms with Crippen LogP contribution < -0.4 is 10.1 Å². The molecular formula is C25H27BrN2O3. The average Bonchev–Trinajstić information content (AvgIpc) is 2.79. The van der Waals surface area contributed by atoms with Crippen LogP contribution in [0.5, 0.6) is 5.75 Å². The first-order valence-electron chi connectivity index (χ1n) is 10.4. The number of halogens is 1. The molecule has 1 atom stereocenters. The maximum absolute atomic E-state index is 13.1. The van der Waals surface area contributed by atoms with E-state index in [-0.39, 0.29) is 18.4 Å². The van der Waals surface area contributed by atoms with Crippen molar-refractivity contribution in [2.24, 2.45) is 0 Å². The van der Waals surface area contributed by atoms with Gasteiger partial charge in [-0.1, -0.05) is 60.7 Å². The van der Waals surface area contributed by atoms with Crippen LogP contribution in [-0.2, 0) is 16.0 Å². The number of benzene rings is 3. The lowest BCUT2D eigenvalue weighted by molar-refractivity contribution is -0.141. The van der Waals surface area contributed by atoms with Gasteiger partial charge in [-0.05, 0) is 58.6 Å². The largest absolute Gasteiger partial charge is 0.483 e. The van der Waals surface area contributed by atoms with Gasteiger partial charge in [0, 0.05) is 13.1 Å². The second-order valence-corrected chi connectivity index (χ2v) is 8.07. The molecule has 0 radical (unpaired) electrons. The Balaban J connectivity index is 1.72. The van der Waals surface area contributed by atoms with E-state index < -0.39 is 6.04 Å². The number of carbonyl (C=O) groups excluding carboxylic acids is 2. The SMILES string of the molecule is CCNC(=O)[C@H](C)N(CCc1ccccc1)C(=O)COc1ccc2ccccc2c1Br. The van der Waals surface area contributed by atoms with Gasteiger partial charge in [-0.15, -0.1) is 0 Å². The number of carbonyl (C=O) groups is 2. The molecule has 3 rings (SSSR count). The summed E-state index contributed by atoms with van der Waals surface area (Å²) in [7, 11) is 0. The molecule has 3 aromatic carbocycles. The topological polar surface area (TPSA) is 58.6 Å². The molecule has 5 nitrogen and oxygen atoms in total. The lowest BCUT2D eigenvalue weighted by Crippen LogP contribution is -2.50. The molecule has 162 valence electrons. The minimum Gasteiger partial charge on any atom is -0.483 e. The van der Waals surface area contributed by atoms with Gasteiger partial charge in [0.25, 0.3) is 5.91 Å². The van der Waals surface area contributed by atoms with Gasteiger partial charge < -0.3 is 15.0 Å². The van der Waals surface area contributed by atoms with E-state index in [9.17, 15) is 9.59 Å². The highest BCUT2D eigenvalue weighted by Gasteiger charge is 2.26. The smallest absolute Gasteiger partial charge is 0.261 e. The fourth-order valence-electron chi connectivity index (χ4n) is 3.44. The Morgan fingerprint density at radius 1 is 1.03 bits per heavy atom. The van der Waals surface area contributed by atoms with Crippen molar-refractivity contribution in [3.63, 3.8) is 0 Å². The minimum absolute atomic E-state index is 0.143. The Bertz CT molecular complexity index is 1040. The van der Waals surface area contributed by atoms with Gasteiger partial charge in [-0.3, -0.25) is 9.59 Å². The van der Waals surface area contributed by atoms with Crippen LogP contribution in [0.3, 0.4) is 0 Å². The van der Waals surface area contributed by atoms with Crippen molar-refractivity contribution in [1.29, 1.82) is 0 Å². The summed E-state index contributed by atoms with van der Waals surface area (Å²) in [5.74, 6) is 0.200. The Hall–Kier alpha value is -2.86. The molecule has 0 aliphatic rings. The number of amides is 2. The maximum Gasteiger partial charge on any atom is 0.261 e. The average molecular weight is 483 g/mol. The lowest BCUT2D eigenvalue weighted by Gasteiger charge is -2.28. The predicted octanol–water partition coefficient (Wildman–Crippen LogP) is 4.58. The third-order valence-electron chi connectivity index (χ3n) is 5.18. The summed E-state index contributed by atoms with van der Waals surface area (Å²) in [6, 6.07) is 21.1. The van der Waals surface area contributed by atoms with Gasteiger partial charge in [-0.25, -0.2) is 0 Å². The molecule has 0 bridgehead atoms. The molecule has 0 saturated heterocycles. The van der Waals surface area contributed by atoms with E-state index in [0.29, 0.717) is 25.3 Å². The number of hydrogen-bond donors (Lipinski definition) is 1. The highest BCUT2D eigenvalue weighted by Crippen LogP contribution is 2.33. The monoisotopic (exact) mass is 482 g/mol. The summed E-state index contributed by atoms with van der Waals surface area (Å²) in [5, 5.41) is 4.90. The summed E-state index contributed by atoms with van der Waals surface area (Å²) in [6.45, 7) is 4.42. The quantitative estimate of drug-likeness (QED) is 0.485. The second kappa shape index (κ2) is 11.0. The summed E-state index contributed by atoms with van der Waals surface area (Å²) in [6.07, 6.45) is 0.663. The highest BCUT2D eigenvalue weighted by molar-refractivity contribution is 9.10. The van der Waals surface area contributed by atoms with Gasteiger partial charge in [0.1, 0.15) is 11.8 Å². The van der Waals surface area contributed by atoms with Crippen molar-refractivity contribution < 1.29 is 14.3 Å². The number of likely N-dealkylation sites (N-methyl/N-ethyl adjacent to an activating group) is 1. The third kappa shape index (κ3) is 5.85. The molecule has 2 amide bonds. The Kier molecular flexibility index (Phi) is 8.06. The molecule has 0 aliphatic heterocycles. The Morgan fingerprint density at radius 3 is 2.48 bits per heavy atom. The molecule has 0 saturated carbocycles. The summed E-state index contributed by atoms with van der Waals surface area (Å²) < 4.78 is 6.67. The second-order valence-electron chi connectivity index (χ2n) is 7.28. The molecular weight excluding hydrogens is 456 g/mol. The van der Waals surface area contributed by atoms with Crippen molar-refractivity contribution in [1.82, 2.24) is 10.2 Å². The summed E-state index contributed by atoms with van der Waals surface area (Å²) >= 11 is 3.59. The lowest BCUT2D eigenvalue weighted by atomic mass is 10.1. The van der Waals surface area contributed by atoms with Crippen molar-refractivity contribution in [2.75, 3.05) is 19.7 Å². The van der Waals surface area contributed by atoms with Gasteiger partial charge in [0.2, 0.25) is 5.91 Å². The normalized spacial score (nSPS) is 11.7. The Morgan fingerprint density at radius 2 is 1.74 bits per heavy atom. The van der Waals surface area contributed by atoms with Crippen molar-refractivity contribution in [2.45, 2.75) is 26.3 Å².